The van der Waals surface area contributed by atoms with E-state index in [0.29, 0.717) is 13.0 Å². The summed E-state index contributed by atoms with van der Waals surface area (Å²) in [5, 5.41) is 24.1. The van der Waals surface area contributed by atoms with Gasteiger partial charge in [0.15, 0.2) is 0 Å². The van der Waals surface area contributed by atoms with E-state index >= 15 is 0 Å². The first kappa shape index (κ1) is 14.3. The molecule has 0 radical (unpaired) electrons. The lowest BCUT2D eigenvalue weighted by Gasteiger charge is -2.15. The van der Waals surface area contributed by atoms with E-state index in [2.05, 4.69) is 5.32 Å². The molecule has 2 aromatic carbocycles. The molecule has 0 fully saturated rings. The largest absolute Gasteiger partial charge is 0.508 e. The van der Waals surface area contributed by atoms with Crippen LogP contribution >= 0.6 is 0 Å². The highest BCUT2D eigenvalue weighted by Gasteiger charge is 2.16. The second-order valence-corrected chi connectivity index (χ2v) is 4.84. The number of aromatic hydroxyl groups is 1. The Morgan fingerprint density at radius 3 is 2.70 bits per heavy atom. The van der Waals surface area contributed by atoms with Crippen molar-refractivity contribution in [2.75, 3.05) is 0 Å². The minimum atomic E-state index is -0.855. The number of carbonyl (C=O) groups is 1. The molecular formula is C16H19NO3. The molecule has 4 nitrogen and oxygen atoms in total. The van der Waals surface area contributed by atoms with Crippen molar-refractivity contribution in [3.8, 4) is 5.75 Å². The van der Waals surface area contributed by atoms with E-state index in [0.717, 1.165) is 22.8 Å². The molecule has 0 aromatic heterocycles. The normalized spacial score (nSPS) is 12.4. The van der Waals surface area contributed by atoms with Gasteiger partial charge in [0, 0.05) is 12.1 Å². The number of hydrogen-bond acceptors (Lipinski definition) is 3. The molecule has 0 aliphatic heterocycles. The Labute approximate surface area is 118 Å². The summed E-state index contributed by atoms with van der Waals surface area (Å²) in [6, 6.07) is 10.7. The fraction of sp³-hybridized carbons (Fsp3) is 0.312. The van der Waals surface area contributed by atoms with Crippen LogP contribution in [0.4, 0.5) is 0 Å². The average molecular weight is 273 g/mol. The van der Waals surface area contributed by atoms with Gasteiger partial charge in [-0.15, -0.1) is 0 Å². The summed E-state index contributed by atoms with van der Waals surface area (Å²) in [5.74, 6) is -0.664. The van der Waals surface area contributed by atoms with E-state index in [1.807, 2.05) is 37.3 Å². The number of fused-ring (bicyclic) bond motifs is 1. The van der Waals surface area contributed by atoms with Crippen molar-refractivity contribution in [3.05, 3.63) is 42.0 Å². The zero-order valence-electron chi connectivity index (χ0n) is 11.5. The molecule has 0 aliphatic rings. The molecule has 0 spiro atoms. The van der Waals surface area contributed by atoms with Crippen molar-refractivity contribution in [2.45, 2.75) is 32.4 Å². The molecule has 3 N–H and O–H groups in total. The molecule has 0 amide bonds. The Bertz CT molecular complexity index is 610. The molecule has 1 unspecified atom stereocenters. The number of phenolic OH excluding ortho intramolecular Hbond substituents is 1. The average Bonchev–Trinajstić information content (AvgIpc) is 2.44. The Morgan fingerprint density at radius 1 is 1.25 bits per heavy atom. The standard InChI is InChI=1S/C16H19NO3/c1-2-5-14(16(19)20)17-10-13-12-7-4-3-6-11(12)8-9-15(13)18/h3-4,6-9,14,17-18H,2,5,10H2,1H3,(H,19,20). The number of nitrogens with one attached hydrogen (secondary N) is 1. The zero-order valence-corrected chi connectivity index (χ0v) is 11.5. The molecule has 0 saturated heterocycles. The quantitative estimate of drug-likeness (QED) is 0.757. The molecule has 0 heterocycles. The van der Waals surface area contributed by atoms with Gasteiger partial charge in [-0.1, -0.05) is 43.7 Å². The number of aliphatic carboxylic acids is 1. The number of carboxylic acid groups (broad SMARTS) is 1. The van der Waals surface area contributed by atoms with Gasteiger partial charge in [0.2, 0.25) is 0 Å². The van der Waals surface area contributed by atoms with Crippen LogP contribution in [0.3, 0.4) is 0 Å². The maximum atomic E-state index is 11.1. The zero-order chi connectivity index (χ0) is 14.5. The van der Waals surface area contributed by atoms with Crippen LogP contribution in [0.25, 0.3) is 10.8 Å². The lowest BCUT2D eigenvalue weighted by molar-refractivity contribution is -0.139. The van der Waals surface area contributed by atoms with Crippen molar-refractivity contribution in [2.24, 2.45) is 0 Å². The second kappa shape index (κ2) is 6.39. The molecule has 0 saturated carbocycles. The van der Waals surface area contributed by atoms with Crippen molar-refractivity contribution in [1.82, 2.24) is 5.32 Å². The van der Waals surface area contributed by atoms with E-state index in [1.165, 1.54) is 0 Å². The van der Waals surface area contributed by atoms with E-state index in [-0.39, 0.29) is 5.75 Å². The van der Waals surface area contributed by atoms with Gasteiger partial charge < -0.3 is 15.5 Å². The predicted octanol–water partition coefficient (Wildman–Crippen LogP) is 2.89. The van der Waals surface area contributed by atoms with Crippen molar-refractivity contribution >= 4 is 16.7 Å². The Balaban J connectivity index is 2.24. The summed E-state index contributed by atoms with van der Waals surface area (Å²) in [6.45, 7) is 2.29. The first-order valence-electron chi connectivity index (χ1n) is 6.79. The van der Waals surface area contributed by atoms with Gasteiger partial charge >= 0.3 is 5.97 Å². The summed E-state index contributed by atoms with van der Waals surface area (Å²) in [7, 11) is 0. The highest BCUT2D eigenvalue weighted by molar-refractivity contribution is 5.87. The molecule has 4 heteroatoms. The van der Waals surface area contributed by atoms with Gasteiger partial charge in [-0.25, -0.2) is 0 Å². The lowest BCUT2D eigenvalue weighted by atomic mass is 10.0. The van der Waals surface area contributed by atoms with Gasteiger partial charge in [0.1, 0.15) is 11.8 Å². The summed E-state index contributed by atoms with van der Waals surface area (Å²) in [4.78, 5) is 11.1. The minimum Gasteiger partial charge on any atom is -0.508 e. The smallest absolute Gasteiger partial charge is 0.320 e. The van der Waals surface area contributed by atoms with Crippen LogP contribution < -0.4 is 5.32 Å². The third kappa shape index (κ3) is 3.08. The van der Waals surface area contributed by atoms with Crippen LogP contribution in [-0.4, -0.2) is 22.2 Å². The minimum absolute atomic E-state index is 0.192. The Morgan fingerprint density at radius 2 is 2.00 bits per heavy atom. The van der Waals surface area contributed by atoms with Gasteiger partial charge in [-0.2, -0.15) is 0 Å². The molecule has 2 rings (SSSR count). The fourth-order valence-corrected chi connectivity index (χ4v) is 2.34. The maximum absolute atomic E-state index is 11.1. The van der Waals surface area contributed by atoms with E-state index in [1.54, 1.807) is 6.07 Å². The summed E-state index contributed by atoms with van der Waals surface area (Å²) in [5.41, 5.74) is 0.741. The topological polar surface area (TPSA) is 69.6 Å². The number of hydrogen-bond donors (Lipinski definition) is 3. The molecule has 0 aliphatic carbocycles. The van der Waals surface area contributed by atoms with Crippen LogP contribution in [0, 0.1) is 0 Å². The van der Waals surface area contributed by atoms with Crippen molar-refractivity contribution in [3.63, 3.8) is 0 Å². The van der Waals surface area contributed by atoms with Crippen molar-refractivity contribution in [1.29, 1.82) is 0 Å². The van der Waals surface area contributed by atoms with Gasteiger partial charge in [-0.3, -0.25) is 4.79 Å². The van der Waals surface area contributed by atoms with Crippen molar-refractivity contribution < 1.29 is 15.0 Å². The number of phenols is 1. The third-order valence-electron chi connectivity index (χ3n) is 3.42. The van der Waals surface area contributed by atoms with Gasteiger partial charge in [-0.05, 0) is 23.3 Å². The molecule has 1 atom stereocenters. The predicted molar refractivity (Wildman–Crippen MR) is 78.8 cm³/mol. The molecule has 20 heavy (non-hydrogen) atoms. The molecule has 106 valence electrons. The Hall–Kier alpha value is -2.07. The van der Waals surface area contributed by atoms with E-state index < -0.39 is 12.0 Å². The Kier molecular flexibility index (Phi) is 4.58. The first-order chi connectivity index (χ1) is 9.63. The van der Waals surface area contributed by atoms with Crippen LogP contribution in [0.1, 0.15) is 25.3 Å². The first-order valence-corrected chi connectivity index (χ1v) is 6.79. The van der Waals surface area contributed by atoms with Crippen LogP contribution in [0.5, 0.6) is 5.75 Å². The SMILES string of the molecule is CCCC(NCc1c(O)ccc2ccccc12)C(=O)O. The summed E-state index contributed by atoms with van der Waals surface area (Å²) < 4.78 is 0. The van der Waals surface area contributed by atoms with Crippen LogP contribution in [0.15, 0.2) is 36.4 Å². The monoisotopic (exact) mass is 273 g/mol. The number of benzene rings is 2. The van der Waals surface area contributed by atoms with E-state index in [9.17, 15) is 9.90 Å². The lowest BCUT2D eigenvalue weighted by Crippen LogP contribution is -2.36. The second-order valence-electron chi connectivity index (χ2n) is 4.84. The van der Waals surface area contributed by atoms with Gasteiger partial charge in [0.05, 0.1) is 0 Å². The summed E-state index contributed by atoms with van der Waals surface area (Å²) >= 11 is 0. The molecule has 0 bridgehead atoms. The number of rotatable bonds is 6. The summed E-state index contributed by atoms with van der Waals surface area (Å²) in [6.07, 6.45) is 1.37. The maximum Gasteiger partial charge on any atom is 0.320 e. The van der Waals surface area contributed by atoms with Crippen LogP contribution in [-0.2, 0) is 11.3 Å². The molecular weight excluding hydrogens is 254 g/mol. The fourth-order valence-electron chi connectivity index (χ4n) is 2.34. The number of carboxylic acids is 1. The third-order valence-corrected chi connectivity index (χ3v) is 3.42. The highest BCUT2D eigenvalue weighted by atomic mass is 16.4. The molecule has 2 aromatic rings. The van der Waals surface area contributed by atoms with Crippen LogP contribution in [0.2, 0.25) is 0 Å². The highest BCUT2D eigenvalue weighted by Crippen LogP contribution is 2.27. The van der Waals surface area contributed by atoms with Gasteiger partial charge in [0.25, 0.3) is 0 Å². The van der Waals surface area contributed by atoms with E-state index in [4.69, 9.17) is 5.11 Å².